The van der Waals surface area contributed by atoms with E-state index in [-0.39, 0.29) is 30.7 Å². The third-order valence-corrected chi connectivity index (χ3v) is 3.69. The van der Waals surface area contributed by atoms with Crippen molar-refractivity contribution >= 4 is 18.3 Å². The Bertz CT molecular complexity index is 690. The number of carbonyl (C=O) groups is 1. The van der Waals surface area contributed by atoms with E-state index in [1.807, 2.05) is 0 Å². The predicted molar refractivity (Wildman–Crippen MR) is 89.1 cm³/mol. The van der Waals surface area contributed by atoms with Gasteiger partial charge in [0.2, 0.25) is 17.6 Å². The summed E-state index contributed by atoms with van der Waals surface area (Å²) >= 11 is 0. The molecule has 2 N–H and O–H groups in total. The zero-order valence-corrected chi connectivity index (χ0v) is 14.1. The van der Waals surface area contributed by atoms with Gasteiger partial charge in [0.1, 0.15) is 11.9 Å². The van der Waals surface area contributed by atoms with Crippen LogP contribution in [0.25, 0.3) is 11.4 Å². The number of amides is 1. The van der Waals surface area contributed by atoms with Gasteiger partial charge in [0.25, 0.3) is 0 Å². The minimum Gasteiger partial charge on any atom is -0.343 e. The number of carbonyl (C=O) groups excluding carboxylic acids is 1. The normalized spacial score (nSPS) is 14.8. The Morgan fingerprint density at radius 1 is 1.46 bits per heavy atom. The van der Waals surface area contributed by atoms with E-state index in [1.54, 1.807) is 19.1 Å². The maximum absolute atomic E-state index is 13.2. The Kier molecular flexibility index (Phi) is 6.28. The van der Waals surface area contributed by atoms with Crippen molar-refractivity contribution in [1.29, 1.82) is 0 Å². The SMILES string of the molecule is CC(NC(=O)CNCC1CC1)c1nc(-c2cccc(F)c2)no1.Cl. The van der Waals surface area contributed by atoms with Gasteiger partial charge in [-0.25, -0.2) is 4.39 Å². The molecule has 1 aromatic heterocycles. The quantitative estimate of drug-likeness (QED) is 0.798. The molecule has 0 saturated heterocycles. The van der Waals surface area contributed by atoms with Gasteiger partial charge in [-0.3, -0.25) is 4.79 Å². The molecule has 24 heavy (non-hydrogen) atoms. The van der Waals surface area contributed by atoms with Crippen molar-refractivity contribution in [3.05, 3.63) is 36.0 Å². The molecule has 1 unspecified atom stereocenters. The lowest BCUT2D eigenvalue weighted by Gasteiger charge is -2.10. The molecule has 6 nitrogen and oxygen atoms in total. The van der Waals surface area contributed by atoms with Crippen LogP contribution in [0, 0.1) is 11.7 Å². The first kappa shape index (κ1) is 18.4. The molecule has 1 aromatic carbocycles. The van der Waals surface area contributed by atoms with Gasteiger partial charge in [-0.05, 0) is 44.4 Å². The molecular formula is C16H20ClFN4O2. The molecule has 0 spiro atoms. The van der Waals surface area contributed by atoms with Crippen molar-refractivity contribution < 1.29 is 13.7 Å². The summed E-state index contributed by atoms with van der Waals surface area (Å²) in [6.45, 7) is 2.92. The molecule has 1 amide bonds. The van der Waals surface area contributed by atoms with Crippen LogP contribution in [0.15, 0.2) is 28.8 Å². The number of hydrogen-bond acceptors (Lipinski definition) is 5. The molecule has 3 rings (SSSR count). The fraction of sp³-hybridized carbons (Fsp3) is 0.438. The summed E-state index contributed by atoms with van der Waals surface area (Å²) in [6.07, 6.45) is 2.49. The van der Waals surface area contributed by atoms with Crippen molar-refractivity contribution in [2.75, 3.05) is 13.1 Å². The van der Waals surface area contributed by atoms with E-state index in [2.05, 4.69) is 20.8 Å². The van der Waals surface area contributed by atoms with E-state index in [1.165, 1.54) is 25.0 Å². The molecule has 2 aromatic rings. The second-order valence-corrected chi connectivity index (χ2v) is 5.83. The summed E-state index contributed by atoms with van der Waals surface area (Å²) in [6, 6.07) is 5.56. The van der Waals surface area contributed by atoms with Gasteiger partial charge in [-0.2, -0.15) is 4.98 Å². The van der Waals surface area contributed by atoms with Gasteiger partial charge in [0, 0.05) is 5.56 Å². The highest BCUT2D eigenvalue weighted by Gasteiger charge is 2.21. The first-order chi connectivity index (χ1) is 11.1. The summed E-state index contributed by atoms with van der Waals surface area (Å²) in [4.78, 5) is 16.1. The minimum atomic E-state index is -0.403. The average molecular weight is 355 g/mol. The lowest BCUT2D eigenvalue weighted by molar-refractivity contribution is -0.121. The lowest BCUT2D eigenvalue weighted by Crippen LogP contribution is -2.36. The molecule has 1 fully saturated rings. The van der Waals surface area contributed by atoms with Crippen molar-refractivity contribution in [1.82, 2.24) is 20.8 Å². The summed E-state index contributed by atoms with van der Waals surface area (Å²) in [5.41, 5.74) is 0.532. The third kappa shape index (κ3) is 5.01. The van der Waals surface area contributed by atoms with E-state index in [0.29, 0.717) is 17.3 Å². The van der Waals surface area contributed by atoms with Gasteiger partial charge >= 0.3 is 0 Å². The van der Waals surface area contributed by atoms with E-state index in [0.717, 1.165) is 12.5 Å². The standard InChI is InChI=1S/C16H19FN4O2.ClH/c1-10(19-14(22)9-18-8-11-5-6-11)16-20-15(21-23-16)12-3-2-4-13(17)7-12;/h2-4,7,10-11,18H,5-6,8-9H2,1H3,(H,19,22);1H. The molecule has 0 radical (unpaired) electrons. The van der Waals surface area contributed by atoms with Crippen LogP contribution in [0.4, 0.5) is 4.39 Å². The zero-order valence-electron chi connectivity index (χ0n) is 13.3. The van der Waals surface area contributed by atoms with Gasteiger partial charge in [-0.1, -0.05) is 17.3 Å². The number of halogens is 2. The Balaban J connectivity index is 0.00000208. The van der Waals surface area contributed by atoms with Gasteiger partial charge in [0.15, 0.2) is 0 Å². The summed E-state index contributed by atoms with van der Waals surface area (Å²) in [7, 11) is 0. The fourth-order valence-electron chi connectivity index (χ4n) is 2.22. The van der Waals surface area contributed by atoms with Gasteiger partial charge in [-0.15, -0.1) is 12.4 Å². The highest BCUT2D eigenvalue weighted by molar-refractivity contribution is 5.85. The highest BCUT2D eigenvalue weighted by atomic mass is 35.5. The Morgan fingerprint density at radius 3 is 2.96 bits per heavy atom. The van der Waals surface area contributed by atoms with E-state index < -0.39 is 6.04 Å². The van der Waals surface area contributed by atoms with Crippen molar-refractivity contribution in [2.24, 2.45) is 5.92 Å². The summed E-state index contributed by atoms with van der Waals surface area (Å²) in [5, 5.41) is 9.75. The molecule has 1 aliphatic carbocycles. The number of nitrogens with one attached hydrogen (secondary N) is 2. The van der Waals surface area contributed by atoms with Crippen LogP contribution in [0.2, 0.25) is 0 Å². The van der Waals surface area contributed by atoms with E-state index in [4.69, 9.17) is 4.52 Å². The van der Waals surface area contributed by atoms with Crippen LogP contribution in [-0.4, -0.2) is 29.1 Å². The maximum Gasteiger partial charge on any atom is 0.249 e. The smallest absolute Gasteiger partial charge is 0.249 e. The molecule has 0 aliphatic heterocycles. The van der Waals surface area contributed by atoms with Crippen LogP contribution in [0.5, 0.6) is 0 Å². The number of nitrogens with zero attached hydrogens (tertiary/aromatic N) is 2. The van der Waals surface area contributed by atoms with E-state index >= 15 is 0 Å². The van der Waals surface area contributed by atoms with E-state index in [9.17, 15) is 9.18 Å². The Hall–Kier alpha value is -1.99. The molecule has 8 heteroatoms. The largest absolute Gasteiger partial charge is 0.343 e. The molecule has 1 aliphatic rings. The second kappa shape index (κ2) is 8.21. The third-order valence-electron chi connectivity index (χ3n) is 3.69. The first-order valence-electron chi connectivity index (χ1n) is 7.71. The first-order valence-corrected chi connectivity index (χ1v) is 7.71. The summed E-state index contributed by atoms with van der Waals surface area (Å²) < 4.78 is 18.4. The predicted octanol–water partition coefficient (Wildman–Crippen LogP) is 2.47. The average Bonchev–Trinajstić information content (AvgIpc) is 3.20. The topological polar surface area (TPSA) is 80.0 Å². The minimum absolute atomic E-state index is 0. The molecule has 0 bridgehead atoms. The van der Waals surface area contributed by atoms with Crippen molar-refractivity contribution in [3.8, 4) is 11.4 Å². The van der Waals surface area contributed by atoms with Crippen LogP contribution in [0.3, 0.4) is 0 Å². The maximum atomic E-state index is 13.2. The van der Waals surface area contributed by atoms with Crippen molar-refractivity contribution in [3.63, 3.8) is 0 Å². The van der Waals surface area contributed by atoms with Crippen LogP contribution in [0.1, 0.15) is 31.7 Å². The van der Waals surface area contributed by atoms with Crippen LogP contribution >= 0.6 is 12.4 Å². The van der Waals surface area contributed by atoms with Gasteiger partial charge < -0.3 is 15.2 Å². The molecule has 1 atom stereocenters. The second-order valence-electron chi connectivity index (χ2n) is 5.83. The zero-order chi connectivity index (χ0) is 16.2. The monoisotopic (exact) mass is 354 g/mol. The van der Waals surface area contributed by atoms with Crippen LogP contribution < -0.4 is 10.6 Å². The summed E-state index contributed by atoms with van der Waals surface area (Å²) in [5.74, 6) is 0.831. The molecule has 130 valence electrons. The molecular weight excluding hydrogens is 335 g/mol. The Morgan fingerprint density at radius 2 is 2.25 bits per heavy atom. The van der Waals surface area contributed by atoms with Crippen molar-refractivity contribution in [2.45, 2.75) is 25.8 Å². The molecule has 1 saturated carbocycles. The number of benzene rings is 1. The fourth-order valence-corrected chi connectivity index (χ4v) is 2.22. The molecule has 1 heterocycles. The Labute approximate surface area is 145 Å². The number of aromatic nitrogens is 2. The van der Waals surface area contributed by atoms with Crippen LogP contribution in [-0.2, 0) is 4.79 Å². The van der Waals surface area contributed by atoms with Gasteiger partial charge in [0.05, 0.1) is 6.54 Å². The number of rotatable bonds is 7. The highest BCUT2D eigenvalue weighted by Crippen LogP contribution is 2.27. The lowest BCUT2D eigenvalue weighted by atomic mass is 10.2. The number of hydrogen-bond donors (Lipinski definition) is 2.